The molecule has 0 aromatic carbocycles. The summed E-state index contributed by atoms with van der Waals surface area (Å²) in [6, 6.07) is 0.580. The van der Waals surface area contributed by atoms with Crippen LogP contribution in [0.25, 0.3) is 0 Å². The Hall–Kier alpha value is -0.340. The van der Waals surface area contributed by atoms with E-state index in [2.05, 4.69) is 51.8 Å². The fourth-order valence-corrected chi connectivity index (χ4v) is 3.44. The third-order valence-corrected chi connectivity index (χ3v) is 4.89. The summed E-state index contributed by atoms with van der Waals surface area (Å²) in [4.78, 5) is 2.47. The summed E-state index contributed by atoms with van der Waals surface area (Å²) >= 11 is 0. The molecular formula is C16H32N2. The molecule has 0 aromatic heterocycles. The maximum atomic E-state index is 4.04. The number of allylic oxidation sites excluding steroid dienone is 1. The Morgan fingerprint density at radius 1 is 1.39 bits per heavy atom. The molecule has 1 aliphatic carbocycles. The van der Waals surface area contributed by atoms with E-state index in [1.165, 1.54) is 37.7 Å². The number of likely N-dealkylation sites (N-methyl/N-ethyl adjacent to an activating group) is 2. The van der Waals surface area contributed by atoms with Crippen molar-refractivity contribution in [3.63, 3.8) is 0 Å². The zero-order valence-electron chi connectivity index (χ0n) is 13.1. The van der Waals surface area contributed by atoms with Crippen LogP contribution in [-0.2, 0) is 0 Å². The van der Waals surface area contributed by atoms with Crippen molar-refractivity contribution < 1.29 is 0 Å². The van der Waals surface area contributed by atoms with Crippen molar-refractivity contribution in [1.82, 2.24) is 10.2 Å². The Morgan fingerprint density at radius 3 is 2.33 bits per heavy atom. The molecule has 18 heavy (non-hydrogen) atoms. The normalized spacial score (nSPS) is 30.4. The predicted molar refractivity (Wildman–Crippen MR) is 80.9 cm³/mol. The van der Waals surface area contributed by atoms with E-state index < -0.39 is 0 Å². The lowest BCUT2D eigenvalue weighted by Gasteiger charge is -2.50. The summed E-state index contributed by atoms with van der Waals surface area (Å²) in [5, 5.41) is 3.58. The van der Waals surface area contributed by atoms with E-state index in [0.29, 0.717) is 11.6 Å². The molecule has 1 N–H and O–H groups in total. The molecule has 0 radical (unpaired) electrons. The first kappa shape index (κ1) is 15.7. The molecule has 2 heteroatoms. The molecule has 0 bridgehead atoms. The van der Waals surface area contributed by atoms with Gasteiger partial charge in [0.25, 0.3) is 0 Å². The van der Waals surface area contributed by atoms with Gasteiger partial charge in [0.15, 0.2) is 0 Å². The number of nitrogens with zero attached hydrogens (tertiary/aromatic N) is 1. The fourth-order valence-electron chi connectivity index (χ4n) is 3.44. The molecule has 1 rings (SSSR count). The SMILES string of the molecule is C=C(C)CCC(NC)C1(N(C)C)CCC(C)CC1. The predicted octanol–water partition coefficient (Wildman–Crippen LogP) is 3.44. The minimum atomic E-state index is 0.344. The Bertz CT molecular complexity index is 262. The van der Waals surface area contributed by atoms with Gasteiger partial charge < -0.3 is 10.2 Å². The highest BCUT2D eigenvalue weighted by molar-refractivity contribution is 5.02. The van der Waals surface area contributed by atoms with Gasteiger partial charge in [-0.3, -0.25) is 0 Å². The van der Waals surface area contributed by atoms with Crippen LogP contribution in [0.4, 0.5) is 0 Å². The topological polar surface area (TPSA) is 15.3 Å². The van der Waals surface area contributed by atoms with Crippen LogP contribution >= 0.6 is 0 Å². The second-order valence-corrected chi connectivity index (χ2v) is 6.52. The Labute approximate surface area is 114 Å². The molecule has 0 saturated heterocycles. The number of hydrogen-bond donors (Lipinski definition) is 1. The lowest BCUT2D eigenvalue weighted by molar-refractivity contribution is 0.0432. The van der Waals surface area contributed by atoms with Crippen LogP contribution < -0.4 is 5.32 Å². The number of hydrogen-bond acceptors (Lipinski definition) is 2. The Balaban J connectivity index is 2.77. The Kier molecular flexibility index (Phi) is 5.87. The first-order valence-electron chi connectivity index (χ1n) is 7.41. The van der Waals surface area contributed by atoms with Crippen LogP contribution in [0.1, 0.15) is 52.4 Å². The summed E-state index contributed by atoms with van der Waals surface area (Å²) in [6.45, 7) is 8.57. The zero-order valence-corrected chi connectivity index (χ0v) is 13.1. The summed E-state index contributed by atoms with van der Waals surface area (Å²) in [7, 11) is 6.62. The van der Waals surface area contributed by atoms with Crippen LogP contribution in [0.15, 0.2) is 12.2 Å². The molecular weight excluding hydrogens is 220 g/mol. The standard InChI is InChI=1S/C16H32N2/c1-13(2)7-8-15(17-4)16(18(5)6)11-9-14(3)10-12-16/h14-15,17H,1,7-12H2,2-6H3. The lowest BCUT2D eigenvalue weighted by atomic mass is 9.71. The number of nitrogens with one attached hydrogen (secondary N) is 1. The molecule has 1 aliphatic rings. The minimum absolute atomic E-state index is 0.344. The summed E-state index contributed by atoms with van der Waals surface area (Å²) in [6.07, 6.45) is 7.72. The molecule has 0 heterocycles. The van der Waals surface area contributed by atoms with Gasteiger partial charge in [0.1, 0.15) is 0 Å². The van der Waals surface area contributed by atoms with E-state index in [9.17, 15) is 0 Å². The minimum Gasteiger partial charge on any atom is -0.315 e. The molecule has 0 amide bonds. The van der Waals surface area contributed by atoms with Crippen molar-refractivity contribution in [3.05, 3.63) is 12.2 Å². The van der Waals surface area contributed by atoms with E-state index in [4.69, 9.17) is 0 Å². The highest BCUT2D eigenvalue weighted by Crippen LogP contribution is 2.39. The first-order valence-corrected chi connectivity index (χ1v) is 7.41. The van der Waals surface area contributed by atoms with Gasteiger partial charge in [-0.1, -0.05) is 12.5 Å². The second kappa shape index (κ2) is 6.72. The van der Waals surface area contributed by atoms with Gasteiger partial charge >= 0.3 is 0 Å². The van der Waals surface area contributed by atoms with Crippen LogP contribution in [0.3, 0.4) is 0 Å². The first-order chi connectivity index (χ1) is 8.42. The van der Waals surface area contributed by atoms with Crippen LogP contribution in [0.2, 0.25) is 0 Å². The summed E-state index contributed by atoms with van der Waals surface area (Å²) in [5.74, 6) is 0.900. The second-order valence-electron chi connectivity index (χ2n) is 6.52. The molecule has 2 nitrogen and oxygen atoms in total. The lowest BCUT2D eigenvalue weighted by Crippen LogP contribution is -2.59. The molecule has 106 valence electrons. The van der Waals surface area contributed by atoms with Crippen molar-refractivity contribution in [2.24, 2.45) is 5.92 Å². The molecule has 1 unspecified atom stereocenters. The molecule has 0 aliphatic heterocycles. The van der Waals surface area contributed by atoms with E-state index in [1.54, 1.807) is 0 Å². The summed E-state index contributed by atoms with van der Waals surface area (Å²) in [5.41, 5.74) is 1.64. The summed E-state index contributed by atoms with van der Waals surface area (Å²) < 4.78 is 0. The average Bonchev–Trinajstić information content (AvgIpc) is 2.31. The largest absolute Gasteiger partial charge is 0.315 e. The molecule has 1 fully saturated rings. The highest BCUT2D eigenvalue weighted by Gasteiger charge is 2.41. The van der Waals surface area contributed by atoms with Gasteiger partial charge in [-0.05, 0) is 72.5 Å². The Morgan fingerprint density at radius 2 is 1.94 bits per heavy atom. The average molecular weight is 252 g/mol. The van der Waals surface area contributed by atoms with Gasteiger partial charge in [0.05, 0.1) is 0 Å². The van der Waals surface area contributed by atoms with Gasteiger partial charge in [0, 0.05) is 11.6 Å². The molecule has 0 aromatic rings. The van der Waals surface area contributed by atoms with Crippen molar-refractivity contribution in [2.75, 3.05) is 21.1 Å². The highest BCUT2D eigenvalue weighted by atomic mass is 15.2. The van der Waals surface area contributed by atoms with E-state index in [-0.39, 0.29) is 0 Å². The monoisotopic (exact) mass is 252 g/mol. The maximum Gasteiger partial charge on any atom is 0.0356 e. The third-order valence-electron chi connectivity index (χ3n) is 4.89. The van der Waals surface area contributed by atoms with Crippen molar-refractivity contribution in [3.8, 4) is 0 Å². The third kappa shape index (κ3) is 3.58. The van der Waals surface area contributed by atoms with E-state index in [0.717, 1.165) is 12.3 Å². The van der Waals surface area contributed by atoms with Gasteiger partial charge in [-0.25, -0.2) is 0 Å². The van der Waals surface area contributed by atoms with Crippen LogP contribution in [-0.4, -0.2) is 37.6 Å². The maximum absolute atomic E-state index is 4.04. The number of rotatable bonds is 6. The van der Waals surface area contributed by atoms with Crippen LogP contribution in [0.5, 0.6) is 0 Å². The van der Waals surface area contributed by atoms with Crippen molar-refractivity contribution in [2.45, 2.75) is 64.0 Å². The quantitative estimate of drug-likeness (QED) is 0.729. The fraction of sp³-hybridized carbons (Fsp3) is 0.875. The zero-order chi connectivity index (χ0) is 13.8. The van der Waals surface area contributed by atoms with Crippen molar-refractivity contribution in [1.29, 1.82) is 0 Å². The van der Waals surface area contributed by atoms with Crippen LogP contribution in [0, 0.1) is 5.92 Å². The van der Waals surface area contributed by atoms with E-state index in [1.807, 2.05) is 0 Å². The molecule has 1 saturated carbocycles. The van der Waals surface area contributed by atoms with Gasteiger partial charge in [-0.15, -0.1) is 6.58 Å². The van der Waals surface area contributed by atoms with E-state index >= 15 is 0 Å². The molecule has 0 spiro atoms. The molecule has 1 atom stereocenters. The van der Waals surface area contributed by atoms with Gasteiger partial charge in [0.2, 0.25) is 0 Å². The smallest absolute Gasteiger partial charge is 0.0356 e. The van der Waals surface area contributed by atoms with Gasteiger partial charge in [-0.2, -0.15) is 0 Å². The van der Waals surface area contributed by atoms with Crippen molar-refractivity contribution >= 4 is 0 Å².